The van der Waals surface area contributed by atoms with Crippen LogP contribution in [0.2, 0.25) is 0 Å². The van der Waals surface area contributed by atoms with Crippen LogP contribution in [0.25, 0.3) is 11.1 Å². The average molecular weight is 301 g/mol. The molecule has 2 rings (SSSR count). The van der Waals surface area contributed by atoms with Crippen LogP contribution in [0, 0.1) is 0 Å². The topological polar surface area (TPSA) is 90.4 Å². The Labute approximate surface area is 128 Å². The van der Waals surface area contributed by atoms with E-state index in [1.807, 2.05) is 6.92 Å². The van der Waals surface area contributed by atoms with Gasteiger partial charge in [-0.25, -0.2) is 0 Å². The van der Waals surface area contributed by atoms with Gasteiger partial charge < -0.3 is 15.2 Å². The van der Waals surface area contributed by atoms with Gasteiger partial charge >= 0.3 is 0 Å². The lowest BCUT2D eigenvalue weighted by Crippen LogP contribution is -2.18. The zero-order valence-corrected chi connectivity index (χ0v) is 12.4. The molecular weight excluding hydrogens is 282 g/mol. The summed E-state index contributed by atoms with van der Waals surface area (Å²) >= 11 is 0. The number of H-pyrrole nitrogens is 1. The molecule has 0 aliphatic rings. The fourth-order valence-electron chi connectivity index (χ4n) is 2.30. The second-order valence-electron chi connectivity index (χ2n) is 5.18. The Balaban J connectivity index is 2.39. The van der Waals surface area contributed by atoms with Crippen molar-refractivity contribution in [3.63, 3.8) is 0 Å². The van der Waals surface area contributed by atoms with Crippen molar-refractivity contribution < 1.29 is 15.0 Å². The van der Waals surface area contributed by atoms with Crippen molar-refractivity contribution >= 4 is 5.78 Å². The first kappa shape index (κ1) is 15.8. The molecule has 2 aromatic rings. The van der Waals surface area contributed by atoms with Crippen LogP contribution in [0.3, 0.4) is 0 Å². The van der Waals surface area contributed by atoms with Gasteiger partial charge in [0.25, 0.3) is 5.56 Å². The molecule has 22 heavy (non-hydrogen) atoms. The summed E-state index contributed by atoms with van der Waals surface area (Å²) < 4.78 is 0. The molecule has 0 amide bonds. The highest BCUT2D eigenvalue weighted by atomic mass is 16.3. The SMILES string of the molecule is CCCCCC(=O)c1c(O)c(-c2ccc(O)cc2)c[nH]c1=O. The van der Waals surface area contributed by atoms with Gasteiger partial charge in [-0.1, -0.05) is 31.9 Å². The number of aromatic hydroxyl groups is 2. The quantitative estimate of drug-likeness (QED) is 0.564. The predicted octanol–water partition coefficient (Wildman–Crippen LogP) is 3.22. The van der Waals surface area contributed by atoms with E-state index < -0.39 is 5.56 Å². The number of benzene rings is 1. The molecule has 0 bridgehead atoms. The number of carbonyl (C=O) groups is 1. The first-order valence-electron chi connectivity index (χ1n) is 7.31. The highest BCUT2D eigenvalue weighted by Crippen LogP contribution is 2.31. The van der Waals surface area contributed by atoms with Crippen LogP contribution in [-0.4, -0.2) is 21.0 Å². The van der Waals surface area contributed by atoms with Crippen LogP contribution in [0.15, 0.2) is 35.3 Å². The van der Waals surface area contributed by atoms with E-state index in [0.29, 0.717) is 17.5 Å². The summed E-state index contributed by atoms with van der Waals surface area (Å²) in [6, 6.07) is 6.16. The van der Waals surface area contributed by atoms with Crippen LogP contribution in [0.5, 0.6) is 11.5 Å². The maximum atomic E-state index is 12.2. The molecule has 116 valence electrons. The molecule has 5 heteroatoms. The molecule has 3 N–H and O–H groups in total. The van der Waals surface area contributed by atoms with E-state index in [1.54, 1.807) is 12.1 Å². The van der Waals surface area contributed by atoms with Gasteiger partial charge in [0.05, 0.1) is 0 Å². The second-order valence-corrected chi connectivity index (χ2v) is 5.18. The fourth-order valence-corrected chi connectivity index (χ4v) is 2.30. The number of ketones is 1. The Hall–Kier alpha value is -2.56. The molecule has 0 fully saturated rings. The smallest absolute Gasteiger partial charge is 0.262 e. The number of hydrogen-bond acceptors (Lipinski definition) is 4. The number of carbonyl (C=O) groups excluding carboxylic acids is 1. The molecule has 1 aromatic carbocycles. The normalized spacial score (nSPS) is 10.6. The third kappa shape index (κ3) is 3.36. The monoisotopic (exact) mass is 301 g/mol. The van der Waals surface area contributed by atoms with Gasteiger partial charge in [-0.05, 0) is 24.1 Å². The zero-order valence-electron chi connectivity index (χ0n) is 12.4. The van der Waals surface area contributed by atoms with Crippen molar-refractivity contribution in [1.82, 2.24) is 4.98 Å². The molecule has 0 saturated heterocycles. The zero-order chi connectivity index (χ0) is 16.1. The minimum Gasteiger partial charge on any atom is -0.508 e. The number of hydrogen-bond donors (Lipinski definition) is 3. The first-order valence-corrected chi connectivity index (χ1v) is 7.31. The van der Waals surface area contributed by atoms with E-state index in [9.17, 15) is 19.8 Å². The summed E-state index contributed by atoms with van der Waals surface area (Å²) in [4.78, 5) is 26.5. The molecule has 0 aliphatic carbocycles. The summed E-state index contributed by atoms with van der Waals surface area (Å²) in [6.07, 6.45) is 4.18. The number of aromatic nitrogens is 1. The van der Waals surface area contributed by atoms with Crippen molar-refractivity contribution in [1.29, 1.82) is 0 Å². The van der Waals surface area contributed by atoms with Crippen LogP contribution in [-0.2, 0) is 0 Å². The van der Waals surface area contributed by atoms with Gasteiger partial charge in [-0.2, -0.15) is 0 Å². The predicted molar refractivity (Wildman–Crippen MR) is 84.3 cm³/mol. The number of unbranched alkanes of at least 4 members (excludes halogenated alkanes) is 2. The summed E-state index contributed by atoms with van der Waals surface area (Å²) in [5.74, 6) is -0.563. The molecular formula is C17H19NO4. The summed E-state index contributed by atoms with van der Waals surface area (Å²) in [5.41, 5.74) is 0.191. The Morgan fingerprint density at radius 1 is 1.14 bits per heavy atom. The van der Waals surface area contributed by atoms with E-state index in [2.05, 4.69) is 4.98 Å². The second kappa shape index (κ2) is 6.93. The Bertz CT molecular complexity index is 716. The van der Waals surface area contributed by atoms with Gasteiger partial charge in [0.1, 0.15) is 17.1 Å². The van der Waals surface area contributed by atoms with Crippen LogP contribution in [0.4, 0.5) is 0 Å². The molecule has 1 heterocycles. The highest BCUT2D eigenvalue weighted by Gasteiger charge is 2.19. The average Bonchev–Trinajstić information content (AvgIpc) is 2.49. The minimum absolute atomic E-state index is 0.100. The maximum absolute atomic E-state index is 12.2. The number of rotatable bonds is 6. The Morgan fingerprint density at radius 2 is 1.82 bits per heavy atom. The number of aromatic amines is 1. The standard InChI is InChI=1S/C17H19NO4/c1-2-3-4-5-14(20)15-16(21)13(10-18-17(15)22)11-6-8-12(19)9-7-11/h6-10,19H,2-5H2,1H3,(H2,18,21,22). The van der Waals surface area contributed by atoms with E-state index in [1.165, 1.54) is 18.3 Å². The molecule has 0 saturated carbocycles. The van der Waals surface area contributed by atoms with Gasteiger partial charge in [-0.3, -0.25) is 9.59 Å². The van der Waals surface area contributed by atoms with Crippen molar-refractivity contribution in [3.8, 4) is 22.6 Å². The number of pyridine rings is 1. The summed E-state index contributed by atoms with van der Waals surface area (Å²) in [5, 5.41) is 19.6. The number of phenols is 1. The lowest BCUT2D eigenvalue weighted by Gasteiger charge is -2.09. The van der Waals surface area contributed by atoms with Gasteiger partial charge in [-0.15, -0.1) is 0 Å². The fraction of sp³-hybridized carbons (Fsp3) is 0.294. The molecule has 0 spiro atoms. The van der Waals surface area contributed by atoms with Gasteiger partial charge in [0, 0.05) is 18.2 Å². The van der Waals surface area contributed by atoms with Crippen LogP contribution < -0.4 is 5.56 Å². The Kier molecular flexibility index (Phi) is 4.99. The first-order chi connectivity index (χ1) is 10.5. The number of phenolic OH excluding ortho intramolecular Hbond substituents is 1. The van der Waals surface area contributed by atoms with Crippen LogP contribution in [0.1, 0.15) is 43.0 Å². The molecule has 0 unspecified atom stereocenters. The minimum atomic E-state index is -0.582. The molecule has 0 atom stereocenters. The molecule has 0 aliphatic heterocycles. The van der Waals surface area contributed by atoms with Gasteiger partial charge in [0.15, 0.2) is 5.78 Å². The third-order valence-corrected chi connectivity index (χ3v) is 3.53. The Morgan fingerprint density at radius 3 is 2.45 bits per heavy atom. The largest absolute Gasteiger partial charge is 0.508 e. The van der Waals surface area contributed by atoms with E-state index >= 15 is 0 Å². The van der Waals surface area contributed by atoms with Crippen molar-refractivity contribution in [2.45, 2.75) is 32.6 Å². The summed E-state index contributed by atoms with van der Waals surface area (Å²) in [7, 11) is 0. The molecule has 1 aromatic heterocycles. The summed E-state index contributed by atoms with van der Waals surface area (Å²) in [6.45, 7) is 2.03. The number of Topliss-reactive ketones (excluding diaryl/α,β-unsaturated/α-hetero) is 1. The van der Waals surface area contributed by atoms with E-state index in [4.69, 9.17) is 0 Å². The lowest BCUT2D eigenvalue weighted by molar-refractivity contribution is 0.0975. The van der Waals surface area contributed by atoms with Gasteiger partial charge in [0.2, 0.25) is 0 Å². The van der Waals surface area contributed by atoms with E-state index in [-0.39, 0.29) is 29.3 Å². The third-order valence-electron chi connectivity index (χ3n) is 3.53. The number of nitrogens with one attached hydrogen (secondary N) is 1. The van der Waals surface area contributed by atoms with Crippen molar-refractivity contribution in [2.75, 3.05) is 0 Å². The molecule has 0 radical (unpaired) electrons. The van der Waals surface area contributed by atoms with Crippen molar-refractivity contribution in [3.05, 3.63) is 46.4 Å². The molecule has 5 nitrogen and oxygen atoms in total. The maximum Gasteiger partial charge on any atom is 0.262 e. The highest BCUT2D eigenvalue weighted by molar-refractivity contribution is 6.00. The van der Waals surface area contributed by atoms with Crippen LogP contribution >= 0.6 is 0 Å². The van der Waals surface area contributed by atoms with E-state index in [0.717, 1.165) is 12.8 Å². The lowest BCUT2D eigenvalue weighted by atomic mass is 10.00. The van der Waals surface area contributed by atoms with Crippen molar-refractivity contribution in [2.24, 2.45) is 0 Å².